The molecule has 1 fully saturated rings. The van der Waals surface area contributed by atoms with Crippen molar-refractivity contribution in [1.82, 2.24) is 4.72 Å². The molecule has 12 heteroatoms. The highest BCUT2D eigenvalue weighted by Gasteiger charge is 2.35. The van der Waals surface area contributed by atoms with Gasteiger partial charge in [0, 0.05) is 23.4 Å². The summed E-state index contributed by atoms with van der Waals surface area (Å²) in [5.41, 5.74) is -0.221. The number of alkyl halides is 2. The molecule has 0 bridgehead atoms. The van der Waals surface area contributed by atoms with Gasteiger partial charge in [0.1, 0.15) is 10.6 Å². The van der Waals surface area contributed by atoms with Crippen molar-refractivity contribution in [1.29, 1.82) is 0 Å². The average Bonchev–Trinajstić information content (AvgIpc) is 2.76. The standard InChI is InChI=1S/C25H33ClF2N2O5S2/c1-24(2,3)30-37(33,34)23-7-5-4-6-21(23)29-36(31,32)15-12-19-8-9-20(26)16-22(19)35-17-18-10-13-25(27,28)14-11-18/h4-9,16,18,29-30H,10-15,17H2,1-3H3. The molecule has 37 heavy (non-hydrogen) atoms. The van der Waals surface area contributed by atoms with Gasteiger partial charge in [0.05, 0.1) is 18.0 Å². The SMILES string of the molecule is CC(C)(C)NS(=O)(=O)c1ccccc1NS(=O)(=O)CCc1ccc(Cl)cc1OCC1CCC(F)(F)CC1. The molecule has 3 rings (SSSR count). The summed E-state index contributed by atoms with van der Waals surface area (Å²) in [5.74, 6) is -2.59. The highest BCUT2D eigenvalue weighted by atomic mass is 35.5. The first-order chi connectivity index (χ1) is 17.1. The fraction of sp³-hybridized carbons (Fsp3) is 0.520. The molecular weight excluding hydrogens is 546 g/mol. The second-order valence-electron chi connectivity index (χ2n) is 10.4. The minimum absolute atomic E-state index is 0.0167. The van der Waals surface area contributed by atoms with Crippen LogP contribution in [-0.2, 0) is 26.5 Å². The Labute approximate surface area is 223 Å². The average molecular weight is 579 g/mol. The van der Waals surface area contributed by atoms with Crippen LogP contribution in [0.1, 0.15) is 52.0 Å². The van der Waals surface area contributed by atoms with Crippen LogP contribution in [0.2, 0.25) is 5.02 Å². The van der Waals surface area contributed by atoms with Crippen LogP contribution in [0, 0.1) is 5.92 Å². The first kappa shape index (κ1) is 29.6. The Kier molecular flexibility index (Phi) is 9.14. The summed E-state index contributed by atoms with van der Waals surface area (Å²) in [5, 5.41) is 0.403. The van der Waals surface area contributed by atoms with Crippen molar-refractivity contribution in [2.45, 2.75) is 69.2 Å². The van der Waals surface area contributed by atoms with Gasteiger partial charge in [-0.15, -0.1) is 0 Å². The lowest BCUT2D eigenvalue weighted by atomic mass is 9.87. The van der Waals surface area contributed by atoms with Crippen LogP contribution < -0.4 is 14.2 Å². The van der Waals surface area contributed by atoms with Gasteiger partial charge in [-0.25, -0.2) is 30.3 Å². The second kappa shape index (κ2) is 11.4. The predicted molar refractivity (Wildman–Crippen MR) is 141 cm³/mol. The molecule has 0 aromatic heterocycles. The summed E-state index contributed by atoms with van der Waals surface area (Å²) in [6, 6.07) is 10.6. The van der Waals surface area contributed by atoms with Gasteiger partial charge in [-0.2, -0.15) is 0 Å². The van der Waals surface area contributed by atoms with E-state index in [0.717, 1.165) is 0 Å². The molecule has 0 spiro atoms. The number of halogens is 3. The lowest BCUT2D eigenvalue weighted by molar-refractivity contribution is -0.0498. The highest BCUT2D eigenvalue weighted by Crippen LogP contribution is 2.36. The molecule has 0 heterocycles. The van der Waals surface area contributed by atoms with E-state index < -0.39 is 31.5 Å². The van der Waals surface area contributed by atoms with Crippen molar-refractivity contribution in [3.63, 3.8) is 0 Å². The maximum Gasteiger partial charge on any atom is 0.248 e. The molecule has 2 aromatic rings. The number of ether oxygens (including phenoxy) is 1. The number of anilines is 1. The predicted octanol–water partition coefficient (Wildman–Crippen LogP) is 5.61. The van der Waals surface area contributed by atoms with Gasteiger partial charge in [0.2, 0.25) is 26.0 Å². The zero-order valence-electron chi connectivity index (χ0n) is 21.1. The molecule has 1 aliphatic carbocycles. The van der Waals surface area contributed by atoms with E-state index in [0.29, 0.717) is 29.2 Å². The molecule has 0 unspecified atom stereocenters. The van der Waals surface area contributed by atoms with Gasteiger partial charge in [0.25, 0.3) is 0 Å². The van der Waals surface area contributed by atoms with Crippen molar-refractivity contribution in [3.05, 3.63) is 53.1 Å². The van der Waals surface area contributed by atoms with E-state index in [1.54, 1.807) is 45.0 Å². The fourth-order valence-electron chi connectivity index (χ4n) is 4.05. The van der Waals surface area contributed by atoms with Crippen LogP contribution in [0.25, 0.3) is 0 Å². The maximum absolute atomic E-state index is 13.4. The van der Waals surface area contributed by atoms with Crippen LogP contribution in [0.15, 0.2) is 47.4 Å². The number of hydrogen-bond donors (Lipinski definition) is 2. The van der Waals surface area contributed by atoms with Gasteiger partial charge in [-0.05, 0) is 75.8 Å². The quantitative estimate of drug-likeness (QED) is 0.382. The maximum atomic E-state index is 13.4. The molecule has 2 N–H and O–H groups in total. The van der Waals surface area contributed by atoms with E-state index in [-0.39, 0.29) is 48.1 Å². The van der Waals surface area contributed by atoms with Gasteiger partial charge in [-0.3, -0.25) is 4.72 Å². The Morgan fingerprint density at radius 2 is 1.70 bits per heavy atom. The number of benzene rings is 2. The molecule has 7 nitrogen and oxygen atoms in total. The van der Waals surface area contributed by atoms with Crippen molar-refractivity contribution in [3.8, 4) is 5.75 Å². The minimum atomic E-state index is -3.98. The monoisotopic (exact) mass is 578 g/mol. The van der Waals surface area contributed by atoms with Crippen LogP contribution in [-0.4, -0.2) is 40.7 Å². The zero-order valence-corrected chi connectivity index (χ0v) is 23.4. The van der Waals surface area contributed by atoms with Gasteiger partial charge in [-0.1, -0.05) is 29.8 Å². The summed E-state index contributed by atoms with van der Waals surface area (Å²) >= 11 is 6.11. The molecule has 0 amide bonds. The molecule has 2 aromatic carbocycles. The van der Waals surface area contributed by atoms with Crippen molar-refractivity contribution < 1.29 is 30.4 Å². The summed E-state index contributed by atoms with van der Waals surface area (Å²) in [6.07, 6.45) is 0.437. The van der Waals surface area contributed by atoms with Crippen LogP contribution in [0.4, 0.5) is 14.5 Å². The van der Waals surface area contributed by atoms with Gasteiger partial charge in [0.15, 0.2) is 0 Å². The summed E-state index contributed by atoms with van der Waals surface area (Å²) in [7, 11) is -7.93. The van der Waals surface area contributed by atoms with E-state index in [9.17, 15) is 25.6 Å². The van der Waals surface area contributed by atoms with E-state index in [1.807, 2.05) is 0 Å². The van der Waals surface area contributed by atoms with E-state index in [2.05, 4.69) is 9.44 Å². The van der Waals surface area contributed by atoms with Crippen LogP contribution in [0.5, 0.6) is 5.75 Å². The Balaban J connectivity index is 1.69. The van der Waals surface area contributed by atoms with E-state index >= 15 is 0 Å². The molecule has 1 aliphatic rings. The number of hydrogen-bond acceptors (Lipinski definition) is 5. The number of nitrogens with one attached hydrogen (secondary N) is 2. The highest BCUT2D eigenvalue weighted by molar-refractivity contribution is 7.93. The third-order valence-electron chi connectivity index (χ3n) is 5.86. The first-order valence-electron chi connectivity index (χ1n) is 12.0. The Hall–Kier alpha value is -1.95. The van der Waals surface area contributed by atoms with Gasteiger partial charge < -0.3 is 4.74 Å². The van der Waals surface area contributed by atoms with Crippen LogP contribution in [0.3, 0.4) is 0 Å². The number of aryl methyl sites for hydroxylation is 1. The molecule has 0 saturated heterocycles. The third kappa shape index (κ3) is 9.08. The molecule has 206 valence electrons. The number of para-hydroxylation sites is 1. The molecule has 1 saturated carbocycles. The second-order valence-corrected chi connectivity index (χ2v) is 14.3. The van der Waals surface area contributed by atoms with Crippen molar-refractivity contribution in [2.75, 3.05) is 17.1 Å². The summed E-state index contributed by atoms with van der Waals surface area (Å²) in [4.78, 5) is -0.179. The largest absolute Gasteiger partial charge is 0.493 e. The lowest BCUT2D eigenvalue weighted by Crippen LogP contribution is -2.40. The smallest absolute Gasteiger partial charge is 0.248 e. The summed E-state index contributed by atoms with van der Waals surface area (Å²) < 4.78 is 89.2. The number of rotatable bonds is 10. The van der Waals surface area contributed by atoms with Crippen LogP contribution >= 0.6 is 11.6 Å². The number of sulfonamides is 2. The fourth-order valence-corrected chi connectivity index (χ4v) is 6.96. The van der Waals surface area contributed by atoms with E-state index in [4.69, 9.17) is 16.3 Å². The Morgan fingerprint density at radius 3 is 2.35 bits per heavy atom. The molecular formula is C25H33ClF2N2O5S2. The molecule has 0 radical (unpaired) electrons. The van der Waals surface area contributed by atoms with Crippen molar-refractivity contribution >= 4 is 37.3 Å². The Morgan fingerprint density at radius 1 is 1.05 bits per heavy atom. The molecule has 0 atom stereocenters. The zero-order chi connectivity index (χ0) is 27.5. The molecule has 0 aliphatic heterocycles. The summed E-state index contributed by atoms with van der Waals surface area (Å²) in [6.45, 7) is 5.30. The van der Waals surface area contributed by atoms with E-state index in [1.165, 1.54) is 18.2 Å². The van der Waals surface area contributed by atoms with Gasteiger partial charge >= 0.3 is 0 Å². The third-order valence-corrected chi connectivity index (χ3v) is 9.19. The minimum Gasteiger partial charge on any atom is -0.493 e. The lowest BCUT2D eigenvalue weighted by Gasteiger charge is -2.28. The topological polar surface area (TPSA) is 102 Å². The Bertz CT molecular complexity index is 1300. The first-order valence-corrected chi connectivity index (χ1v) is 15.5. The van der Waals surface area contributed by atoms with Crippen molar-refractivity contribution in [2.24, 2.45) is 5.92 Å². The normalized spacial score (nSPS) is 16.9.